The predicted molar refractivity (Wildman–Crippen MR) is 132 cm³/mol. The van der Waals surface area contributed by atoms with E-state index in [4.69, 9.17) is 14.2 Å². The third-order valence-electron chi connectivity index (χ3n) is 4.49. The van der Waals surface area contributed by atoms with Crippen LogP contribution < -0.4 is 14.2 Å². The lowest BCUT2D eigenvalue weighted by atomic mass is 9.82. The number of ether oxygens (including phenoxy) is 3. The van der Waals surface area contributed by atoms with Crippen LogP contribution >= 0.6 is 0 Å². The van der Waals surface area contributed by atoms with Crippen LogP contribution in [0.4, 0.5) is 0 Å². The summed E-state index contributed by atoms with van der Waals surface area (Å²) in [5.41, 5.74) is 1.60. The second kappa shape index (κ2) is 9.40. The van der Waals surface area contributed by atoms with Gasteiger partial charge in [0, 0.05) is 17.2 Å². The van der Waals surface area contributed by atoms with E-state index in [1.807, 2.05) is 59.8 Å². The maximum atomic E-state index is 12.8. The van der Waals surface area contributed by atoms with Gasteiger partial charge in [0.15, 0.2) is 5.78 Å². The number of methoxy groups -OCH3 is 1. The Bertz CT molecular complexity index is 963. The minimum Gasteiger partial charge on any atom is -0.497 e. The summed E-state index contributed by atoms with van der Waals surface area (Å²) in [6.07, 6.45) is 3.46. The fourth-order valence-corrected chi connectivity index (χ4v) is 3.38. The molecule has 0 aliphatic rings. The number of benzene rings is 2. The zero-order chi connectivity index (χ0) is 24.3. The molecule has 0 aromatic heterocycles. The Morgan fingerprint density at radius 3 is 1.81 bits per heavy atom. The van der Waals surface area contributed by atoms with Gasteiger partial charge in [0.25, 0.3) is 0 Å². The van der Waals surface area contributed by atoms with E-state index in [0.717, 1.165) is 22.6 Å². The van der Waals surface area contributed by atoms with E-state index < -0.39 is 0 Å². The van der Waals surface area contributed by atoms with Gasteiger partial charge >= 0.3 is 0 Å². The van der Waals surface area contributed by atoms with Crippen molar-refractivity contribution in [3.8, 4) is 17.2 Å². The maximum absolute atomic E-state index is 12.8. The first kappa shape index (κ1) is 25.5. The van der Waals surface area contributed by atoms with Crippen LogP contribution in [-0.4, -0.2) is 24.1 Å². The number of carbonyl (C=O) groups excluding carboxylic acids is 1. The highest BCUT2D eigenvalue weighted by Gasteiger charge is 2.27. The Balaban J connectivity index is 2.58. The van der Waals surface area contributed by atoms with E-state index in [-0.39, 0.29) is 22.4 Å². The van der Waals surface area contributed by atoms with Gasteiger partial charge in [0.1, 0.15) is 28.5 Å². The molecule has 0 unspecified atom stereocenters. The number of hydrogen-bond acceptors (Lipinski definition) is 4. The van der Waals surface area contributed by atoms with E-state index in [1.165, 1.54) is 0 Å². The first-order chi connectivity index (χ1) is 14.6. The van der Waals surface area contributed by atoms with Crippen molar-refractivity contribution < 1.29 is 19.0 Å². The van der Waals surface area contributed by atoms with Gasteiger partial charge in [-0.15, -0.1) is 0 Å². The quantitative estimate of drug-likeness (QED) is 0.352. The van der Waals surface area contributed by atoms with Crippen molar-refractivity contribution in [1.29, 1.82) is 0 Å². The smallest absolute Gasteiger partial charge is 0.185 e. The third kappa shape index (κ3) is 7.44. The molecular formula is C28H38O4. The SMILES string of the molecule is COc1ccc(C(=O)/C=C/c2cc(OC(C)(C)C)cc(OC(C)(C)C)c2C(C)(C)C)cc1. The summed E-state index contributed by atoms with van der Waals surface area (Å²) < 4.78 is 17.7. The van der Waals surface area contributed by atoms with Crippen LogP contribution in [0.1, 0.15) is 83.8 Å². The van der Waals surface area contributed by atoms with Crippen LogP contribution in [0.25, 0.3) is 6.08 Å². The van der Waals surface area contributed by atoms with Crippen LogP contribution in [-0.2, 0) is 5.41 Å². The molecule has 4 nitrogen and oxygen atoms in total. The number of rotatable bonds is 6. The monoisotopic (exact) mass is 438 g/mol. The molecule has 0 fully saturated rings. The molecule has 0 saturated heterocycles. The van der Waals surface area contributed by atoms with E-state index in [0.29, 0.717) is 11.3 Å². The molecule has 0 bridgehead atoms. The van der Waals surface area contributed by atoms with Crippen LogP contribution in [0.15, 0.2) is 42.5 Å². The van der Waals surface area contributed by atoms with Crippen molar-refractivity contribution in [1.82, 2.24) is 0 Å². The minimum absolute atomic E-state index is 0.0760. The highest BCUT2D eigenvalue weighted by molar-refractivity contribution is 6.07. The average Bonchev–Trinajstić information content (AvgIpc) is 2.62. The maximum Gasteiger partial charge on any atom is 0.185 e. The van der Waals surface area contributed by atoms with Gasteiger partial charge in [-0.05, 0) is 88.9 Å². The Morgan fingerprint density at radius 2 is 1.34 bits per heavy atom. The van der Waals surface area contributed by atoms with E-state index in [9.17, 15) is 4.79 Å². The summed E-state index contributed by atoms with van der Waals surface area (Å²) in [5.74, 6) is 2.12. The Morgan fingerprint density at radius 1 is 0.781 bits per heavy atom. The first-order valence-electron chi connectivity index (χ1n) is 11.0. The van der Waals surface area contributed by atoms with E-state index >= 15 is 0 Å². The molecule has 0 amide bonds. The fourth-order valence-electron chi connectivity index (χ4n) is 3.38. The molecule has 2 rings (SSSR count). The van der Waals surface area contributed by atoms with Gasteiger partial charge in [-0.1, -0.05) is 26.8 Å². The second-order valence-electron chi connectivity index (χ2n) is 11.0. The normalized spacial score (nSPS) is 12.7. The highest BCUT2D eigenvalue weighted by atomic mass is 16.5. The number of hydrogen-bond donors (Lipinski definition) is 0. The van der Waals surface area contributed by atoms with Gasteiger partial charge in [-0.2, -0.15) is 0 Å². The lowest BCUT2D eigenvalue weighted by Gasteiger charge is -2.31. The molecule has 0 spiro atoms. The van der Waals surface area contributed by atoms with Crippen molar-refractivity contribution >= 4 is 11.9 Å². The molecule has 0 N–H and O–H groups in total. The lowest BCUT2D eigenvalue weighted by molar-refractivity contribution is 0.104. The molecule has 0 aliphatic carbocycles. The molecule has 0 radical (unpaired) electrons. The standard InChI is InChI=1S/C28H38O4/c1-26(2,3)25-20(13-16-23(29)19-11-14-21(30-10)15-12-19)17-22(31-27(4,5)6)18-24(25)32-28(7,8)9/h11-18H,1-10H3/b16-13+. The van der Waals surface area contributed by atoms with Crippen molar-refractivity contribution in [3.05, 3.63) is 59.2 Å². The van der Waals surface area contributed by atoms with Gasteiger partial charge in [-0.3, -0.25) is 4.79 Å². The Labute approximate surface area is 193 Å². The molecule has 0 saturated carbocycles. The Hall–Kier alpha value is -2.75. The van der Waals surface area contributed by atoms with E-state index in [2.05, 4.69) is 20.8 Å². The van der Waals surface area contributed by atoms with Gasteiger partial charge < -0.3 is 14.2 Å². The zero-order valence-electron chi connectivity index (χ0n) is 21.3. The highest BCUT2D eigenvalue weighted by Crippen LogP contribution is 2.40. The average molecular weight is 439 g/mol. The van der Waals surface area contributed by atoms with Crippen LogP contribution in [0.5, 0.6) is 17.2 Å². The number of ketones is 1. The molecule has 2 aromatic carbocycles. The van der Waals surface area contributed by atoms with Crippen LogP contribution in [0, 0.1) is 0 Å². The molecule has 32 heavy (non-hydrogen) atoms. The van der Waals surface area contributed by atoms with Crippen molar-refractivity contribution in [2.24, 2.45) is 0 Å². The van der Waals surface area contributed by atoms with Crippen LogP contribution in [0.3, 0.4) is 0 Å². The molecule has 4 heteroatoms. The van der Waals surface area contributed by atoms with Crippen molar-refractivity contribution in [2.75, 3.05) is 7.11 Å². The predicted octanol–water partition coefficient (Wildman–Crippen LogP) is 7.24. The number of carbonyl (C=O) groups is 1. The summed E-state index contributed by atoms with van der Waals surface area (Å²) in [5, 5.41) is 0. The van der Waals surface area contributed by atoms with Crippen LogP contribution in [0.2, 0.25) is 0 Å². The summed E-state index contributed by atoms with van der Waals surface area (Å²) in [6.45, 7) is 18.5. The van der Waals surface area contributed by atoms with Crippen molar-refractivity contribution in [2.45, 2.75) is 78.9 Å². The second-order valence-corrected chi connectivity index (χ2v) is 11.0. The largest absolute Gasteiger partial charge is 0.497 e. The fraction of sp³-hybridized carbons (Fsp3) is 0.464. The molecule has 0 aliphatic heterocycles. The first-order valence-corrected chi connectivity index (χ1v) is 11.0. The molecular weight excluding hydrogens is 400 g/mol. The Kier molecular flexibility index (Phi) is 7.49. The summed E-state index contributed by atoms with van der Waals surface area (Å²) in [6, 6.07) is 11.1. The lowest BCUT2D eigenvalue weighted by Crippen LogP contribution is -2.27. The molecule has 0 heterocycles. The summed E-state index contributed by atoms with van der Waals surface area (Å²) in [4.78, 5) is 12.8. The third-order valence-corrected chi connectivity index (χ3v) is 4.49. The summed E-state index contributed by atoms with van der Waals surface area (Å²) in [7, 11) is 1.61. The van der Waals surface area contributed by atoms with Gasteiger partial charge in [0.2, 0.25) is 0 Å². The number of allylic oxidation sites excluding steroid dienone is 1. The topological polar surface area (TPSA) is 44.8 Å². The molecule has 174 valence electrons. The van der Waals surface area contributed by atoms with Gasteiger partial charge in [-0.25, -0.2) is 0 Å². The summed E-state index contributed by atoms with van der Waals surface area (Å²) >= 11 is 0. The van der Waals surface area contributed by atoms with Gasteiger partial charge in [0.05, 0.1) is 7.11 Å². The zero-order valence-corrected chi connectivity index (χ0v) is 21.3. The molecule has 2 aromatic rings. The molecule has 0 atom stereocenters. The van der Waals surface area contributed by atoms with E-state index in [1.54, 1.807) is 37.5 Å². The van der Waals surface area contributed by atoms with Crippen molar-refractivity contribution in [3.63, 3.8) is 0 Å². The minimum atomic E-state index is -0.375.